The van der Waals surface area contributed by atoms with Crippen molar-refractivity contribution < 1.29 is 19.1 Å². The minimum absolute atomic E-state index is 0.313. The maximum Gasteiger partial charge on any atom is 0.334 e. The van der Waals surface area contributed by atoms with Gasteiger partial charge in [-0.3, -0.25) is 0 Å². The van der Waals surface area contributed by atoms with Gasteiger partial charge in [-0.25, -0.2) is 9.59 Å². The van der Waals surface area contributed by atoms with Crippen LogP contribution >= 0.6 is 0 Å². The molecule has 0 unspecified atom stereocenters. The molecule has 0 bridgehead atoms. The number of carbonyl (C=O) groups excluding carboxylic acids is 2. The normalized spacial score (nSPS) is 11.9. The molecule has 0 amide bonds. The van der Waals surface area contributed by atoms with Crippen LogP contribution in [0.4, 0.5) is 0 Å². The summed E-state index contributed by atoms with van der Waals surface area (Å²) >= 11 is 0. The van der Waals surface area contributed by atoms with Crippen LogP contribution in [0.15, 0.2) is 11.1 Å². The number of hydrogen-bond acceptors (Lipinski definition) is 4. The van der Waals surface area contributed by atoms with Gasteiger partial charge >= 0.3 is 11.9 Å². The molecule has 4 heteroatoms. The van der Waals surface area contributed by atoms with E-state index in [1.54, 1.807) is 0 Å². The Labute approximate surface area is 205 Å². The molecule has 0 aliphatic rings. The van der Waals surface area contributed by atoms with Gasteiger partial charge < -0.3 is 9.47 Å². The molecule has 194 valence electrons. The molecular formula is C29H54O4. The number of unbranched alkanes of at least 4 members (excludes halogenated alkanes) is 14. The van der Waals surface area contributed by atoms with Crippen molar-refractivity contribution in [1.29, 1.82) is 0 Å². The van der Waals surface area contributed by atoms with Gasteiger partial charge in [0.2, 0.25) is 0 Å². The highest BCUT2D eigenvalue weighted by Gasteiger charge is 2.22. The lowest BCUT2D eigenvalue weighted by Crippen LogP contribution is -2.17. The van der Waals surface area contributed by atoms with Crippen molar-refractivity contribution in [1.82, 2.24) is 0 Å². The second kappa shape index (κ2) is 23.8. The fourth-order valence-electron chi connectivity index (χ4n) is 4.03. The lowest BCUT2D eigenvalue weighted by molar-refractivity contribution is -0.142. The molecule has 0 fully saturated rings. The molecule has 0 atom stereocenters. The molecule has 33 heavy (non-hydrogen) atoms. The van der Waals surface area contributed by atoms with E-state index >= 15 is 0 Å². The standard InChI is InChI=1S/C29H54O4/c1-5-9-12-15-18-21-24-32-28(30)26(8-4)27(23-20-17-14-11-7-3)29(31)33-25-22-19-16-13-10-6-2/h5-25H2,1-4H3/b27-26-. The van der Waals surface area contributed by atoms with Crippen molar-refractivity contribution in [2.45, 2.75) is 150 Å². The molecular weight excluding hydrogens is 412 g/mol. The summed E-state index contributed by atoms with van der Waals surface area (Å²) in [6, 6.07) is 0. The fraction of sp³-hybridized carbons (Fsp3) is 0.862. The summed E-state index contributed by atoms with van der Waals surface area (Å²) in [5, 5.41) is 0. The van der Waals surface area contributed by atoms with Crippen LogP contribution in [0.5, 0.6) is 0 Å². The van der Waals surface area contributed by atoms with Crippen LogP contribution in [-0.4, -0.2) is 25.2 Å². The number of ether oxygens (including phenoxy) is 2. The Balaban J connectivity index is 4.77. The van der Waals surface area contributed by atoms with E-state index in [4.69, 9.17) is 9.47 Å². The smallest absolute Gasteiger partial charge is 0.334 e. The molecule has 0 aliphatic heterocycles. The maximum atomic E-state index is 12.9. The third-order valence-corrected chi connectivity index (χ3v) is 6.20. The Hall–Kier alpha value is -1.32. The van der Waals surface area contributed by atoms with Crippen molar-refractivity contribution in [2.75, 3.05) is 13.2 Å². The van der Waals surface area contributed by atoms with E-state index in [1.807, 2.05) is 6.92 Å². The Morgan fingerprint density at radius 3 is 1.24 bits per heavy atom. The highest BCUT2D eigenvalue weighted by molar-refractivity contribution is 6.00. The van der Waals surface area contributed by atoms with Crippen LogP contribution in [0.1, 0.15) is 150 Å². The summed E-state index contributed by atoms with van der Waals surface area (Å²) in [5.41, 5.74) is 1.07. The van der Waals surface area contributed by atoms with Gasteiger partial charge in [-0.2, -0.15) is 0 Å². The number of rotatable bonds is 23. The highest BCUT2D eigenvalue weighted by atomic mass is 16.5. The van der Waals surface area contributed by atoms with E-state index in [0.717, 1.165) is 38.5 Å². The number of carbonyl (C=O) groups is 2. The predicted molar refractivity (Wildman–Crippen MR) is 139 cm³/mol. The van der Waals surface area contributed by atoms with Gasteiger partial charge in [0.1, 0.15) is 0 Å². The van der Waals surface area contributed by atoms with E-state index < -0.39 is 0 Å². The van der Waals surface area contributed by atoms with Gasteiger partial charge in [0.25, 0.3) is 0 Å². The van der Waals surface area contributed by atoms with Gasteiger partial charge in [-0.1, -0.05) is 118 Å². The maximum absolute atomic E-state index is 12.9. The molecule has 0 N–H and O–H groups in total. The average molecular weight is 467 g/mol. The molecule has 0 aromatic heterocycles. The second-order valence-electron chi connectivity index (χ2n) is 9.28. The lowest BCUT2D eigenvalue weighted by Gasteiger charge is -2.14. The van der Waals surface area contributed by atoms with Crippen LogP contribution < -0.4 is 0 Å². The lowest BCUT2D eigenvalue weighted by atomic mass is 9.99. The van der Waals surface area contributed by atoms with E-state index in [9.17, 15) is 9.59 Å². The van der Waals surface area contributed by atoms with Crippen molar-refractivity contribution >= 4 is 11.9 Å². The molecule has 0 heterocycles. The first-order valence-electron chi connectivity index (χ1n) is 14.2. The molecule has 0 radical (unpaired) electrons. The monoisotopic (exact) mass is 466 g/mol. The topological polar surface area (TPSA) is 52.6 Å². The van der Waals surface area contributed by atoms with Gasteiger partial charge in [0.15, 0.2) is 0 Å². The van der Waals surface area contributed by atoms with Crippen LogP contribution in [0, 0.1) is 0 Å². The number of hydrogen-bond donors (Lipinski definition) is 0. The highest BCUT2D eigenvalue weighted by Crippen LogP contribution is 2.21. The summed E-state index contributed by atoms with van der Waals surface area (Å²) in [7, 11) is 0. The zero-order valence-electron chi connectivity index (χ0n) is 22.5. The fourth-order valence-corrected chi connectivity index (χ4v) is 4.03. The quantitative estimate of drug-likeness (QED) is 0.0857. The number of esters is 2. The Morgan fingerprint density at radius 2 is 0.818 bits per heavy atom. The Bertz CT molecular complexity index is 510. The first-order valence-corrected chi connectivity index (χ1v) is 14.2. The summed E-state index contributed by atoms with van der Waals surface area (Å²) in [4.78, 5) is 25.7. The van der Waals surface area contributed by atoms with E-state index in [1.165, 1.54) is 70.6 Å². The molecule has 4 nitrogen and oxygen atoms in total. The van der Waals surface area contributed by atoms with Gasteiger partial charge in [-0.15, -0.1) is 0 Å². The van der Waals surface area contributed by atoms with E-state index in [0.29, 0.717) is 37.2 Å². The third-order valence-electron chi connectivity index (χ3n) is 6.20. The van der Waals surface area contributed by atoms with Gasteiger partial charge in [-0.05, 0) is 32.1 Å². The van der Waals surface area contributed by atoms with Gasteiger partial charge in [0, 0.05) is 11.1 Å². The third kappa shape index (κ3) is 17.8. The summed E-state index contributed by atoms with van der Waals surface area (Å²) in [6.45, 7) is 9.42. The summed E-state index contributed by atoms with van der Waals surface area (Å²) < 4.78 is 11.2. The largest absolute Gasteiger partial charge is 0.462 e. The molecule has 0 aliphatic carbocycles. The first-order chi connectivity index (χ1) is 16.1. The van der Waals surface area contributed by atoms with Crippen molar-refractivity contribution in [2.24, 2.45) is 0 Å². The molecule has 0 rings (SSSR count). The average Bonchev–Trinajstić information content (AvgIpc) is 2.81. The van der Waals surface area contributed by atoms with Gasteiger partial charge in [0.05, 0.1) is 13.2 Å². The molecule has 0 aromatic rings. The zero-order valence-corrected chi connectivity index (χ0v) is 22.5. The van der Waals surface area contributed by atoms with Crippen LogP contribution in [0.3, 0.4) is 0 Å². The molecule has 0 aromatic carbocycles. The van der Waals surface area contributed by atoms with Crippen LogP contribution in [0.25, 0.3) is 0 Å². The molecule has 0 saturated carbocycles. The Morgan fingerprint density at radius 1 is 0.455 bits per heavy atom. The van der Waals surface area contributed by atoms with Crippen LogP contribution in [0.2, 0.25) is 0 Å². The minimum Gasteiger partial charge on any atom is -0.462 e. The van der Waals surface area contributed by atoms with Crippen molar-refractivity contribution in [3.8, 4) is 0 Å². The predicted octanol–water partition coefficient (Wildman–Crippen LogP) is 8.86. The van der Waals surface area contributed by atoms with Crippen LogP contribution in [-0.2, 0) is 19.1 Å². The summed E-state index contributed by atoms with van der Waals surface area (Å²) in [5.74, 6) is -0.640. The van der Waals surface area contributed by atoms with Crippen molar-refractivity contribution in [3.63, 3.8) is 0 Å². The van der Waals surface area contributed by atoms with Crippen molar-refractivity contribution in [3.05, 3.63) is 11.1 Å². The Kier molecular flexibility index (Phi) is 22.9. The zero-order chi connectivity index (χ0) is 24.6. The first kappa shape index (κ1) is 31.7. The minimum atomic E-state index is -0.328. The SMILES string of the molecule is CCCCCCCCOC(=O)/C(CC)=C(/CCCCCCC)C(=O)OCCCCCCCC. The summed E-state index contributed by atoms with van der Waals surface area (Å²) in [6.07, 6.45) is 20.5. The second-order valence-corrected chi connectivity index (χ2v) is 9.28. The molecule has 0 spiro atoms. The van der Waals surface area contributed by atoms with E-state index in [2.05, 4.69) is 20.8 Å². The molecule has 0 saturated heterocycles. The van der Waals surface area contributed by atoms with E-state index in [-0.39, 0.29) is 11.9 Å².